The second-order valence-corrected chi connectivity index (χ2v) is 4.65. The molecule has 0 aromatic carbocycles. The number of rotatable bonds is 2. The maximum absolute atomic E-state index is 4.66. The molecule has 0 aliphatic rings. The highest BCUT2D eigenvalue weighted by atomic mass is 15.0. The second-order valence-electron chi connectivity index (χ2n) is 4.65. The summed E-state index contributed by atoms with van der Waals surface area (Å²) in [4.78, 5) is 9.29. The molecule has 0 bridgehead atoms. The van der Waals surface area contributed by atoms with Gasteiger partial charge in [0.15, 0.2) is 0 Å². The van der Waals surface area contributed by atoms with Gasteiger partial charge >= 0.3 is 0 Å². The van der Waals surface area contributed by atoms with E-state index in [1.165, 1.54) is 11.1 Å². The van der Waals surface area contributed by atoms with Gasteiger partial charge in [-0.05, 0) is 18.4 Å². The van der Waals surface area contributed by atoms with E-state index in [4.69, 9.17) is 0 Å². The van der Waals surface area contributed by atoms with Crippen molar-refractivity contribution in [2.24, 2.45) is 7.05 Å². The van der Waals surface area contributed by atoms with Crippen molar-refractivity contribution in [2.45, 2.75) is 40.0 Å². The first-order valence-corrected chi connectivity index (χ1v) is 5.87. The summed E-state index contributed by atoms with van der Waals surface area (Å²) in [5, 5.41) is 0. The van der Waals surface area contributed by atoms with Crippen molar-refractivity contribution in [3.05, 3.63) is 23.3 Å². The Labute approximate surface area is 96.5 Å². The molecular weight excluding hydrogens is 198 g/mol. The molecule has 0 aliphatic heterocycles. The SMILES string of the molecule is CCc1nc(C(C)C)c2c(n1)c(C)cn2C. The van der Waals surface area contributed by atoms with E-state index < -0.39 is 0 Å². The zero-order valence-corrected chi connectivity index (χ0v) is 10.7. The maximum Gasteiger partial charge on any atom is 0.129 e. The van der Waals surface area contributed by atoms with Crippen LogP contribution >= 0.6 is 0 Å². The van der Waals surface area contributed by atoms with Crippen LogP contribution in [0.25, 0.3) is 11.0 Å². The molecule has 0 fully saturated rings. The highest BCUT2D eigenvalue weighted by Gasteiger charge is 2.14. The van der Waals surface area contributed by atoms with E-state index in [-0.39, 0.29) is 0 Å². The molecule has 0 radical (unpaired) electrons. The summed E-state index contributed by atoms with van der Waals surface area (Å²) in [7, 11) is 2.07. The van der Waals surface area contributed by atoms with E-state index in [0.29, 0.717) is 5.92 Å². The van der Waals surface area contributed by atoms with Crippen LogP contribution < -0.4 is 0 Å². The average molecular weight is 217 g/mol. The van der Waals surface area contributed by atoms with Gasteiger partial charge in [0.2, 0.25) is 0 Å². The van der Waals surface area contributed by atoms with Crippen LogP contribution in [0.3, 0.4) is 0 Å². The van der Waals surface area contributed by atoms with E-state index in [1.54, 1.807) is 0 Å². The Morgan fingerprint density at radius 1 is 1.31 bits per heavy atom. The molecule has 3 nitrogen and oxygen atoms in total. The van der Waals surface area contributed by atoms with E-state index in [0.717, 1.165) is 23.5 Å². The summed E-state index contributed by atoms with van der Waals surface area (Å²) in [5.41, 5.74) is 4.69. The van der Waals surface area contributed by atoms with E-state index in [9.17, 15) is 0 Å². The van der Waals surface area contributed by atoms with Gasteiger partial charge in [-0.1, -0.05) is 20.8 Å². The zero-order chi connectivity index (χ0) is 11.9. The number of hydrogen-bond acceptors (Lipinski definition) is 2. The molecule has 2 aromatic heterocycles. The maximum atomic E-state index is 4.66. The fraction of sp³-hybridized carbons (Fsp3) is 0.538. The summed E-state index contributed by atoms with van der Waals surface area (Å²) in [6.07, 6.45) is 3.02. The van der Waals surface area contributed by atoms with Crippen molar-refractivity contribution < 1.29 is 0 Å². The fourth-order valence-corrected chi connectivity index (χ4v) is 2.12. The third kappa shape index (κ3) is 1.60. The normalized spacial score (nSPS) is 11.6. The fourth-order valence-electron chi connectivity index (χ4n) is 2.12. The predicted octanol–water partition coefficient (Wildman–Crippen LogP) is 2.96. The summed E-state index contributed by atoms with van der Waals surface area (Å²) in [6.45, 7) is 8.58. The molecule has 0 spiro atoms. The minimum Gasteiger partial charge on any atom is -0.347 e. The topological polar surface area (TPSA) is 30.7 Å². The minimum absolute atomic E-state index is 0.434. The molecule has 3 heteroatoms. The molecule has 0 N–H and O–H groups in total. The molecule has 86 valence electrons. The largest absolute Gasteiger partial charge is 0.347 e. The summed E-state index contributed by atoms with van der Waals surface area (Å²) < 4.78 is 2.14. The van der Waals surface area contributed by atoms with Gasteiger partial charge in [-0.25, -0.2) is 9.97 Å². The van der Waals surface area contributed by atoms with Crippen LogP contribution in [0.5, 0.6) is 0 Å². The van der Waals surface area contributed by atoms with Crippen molar-refractivity contribution in [1.29, 1.82) is 0 Å². The van der Waals surface area contributed by atoms with Crippen LogP contribution in [-0.2, 0) is 13.5 Å². The molecule has 0 saturated carbocycles. The van der Waals surface area contributed by atoms with Crippen molar-refractivity contribution >= 4 is 11.0 Å². The molecular formula is C13H19N3. The van der Waals surface area contributed by atoms with Crippen molar-refractivity contribution in [3.63, 3.8) is 0 Å². The molecule has 0 saturated heterocycles. The Bertz CT molecular complexity index is 523. The average Bonchev–Trinajstić information content (AvgIpc) is 2.53. The number of aromatic nitrogens is 3. The lowest BCUT2D eigenvalue weighted by Gasteiger charge is -2.10. The Morgan fingerprint density at radius 2 is 2.00 bits per heavy atom. The minimum atomic E-state index is 0.434. The third-order valence-electron chi connectivity index (χ3n) is 2.93. The van der Waals surface area contributed by atoms with Crippen LogP contribution in [0.1, 0.15) is 43.8 Å². The van der Waals surface area contributed by atoms with Crippen LogP contribution in [0.4, 0.5) is 0 Å². The van der Waals surface area contributed by atoms with Gasteiger partial charge in [-0.3, -0.25) is 0 Å². The summed E-state index contributed by atoms with van der Waals surface area (Å²) >= 11 is 0. The highest BCUT2D eigenvalue weighted by molar-refractivity contribution is 5.82. The third-order valence-corrected chi connectivity index (χ3v) is 2.93. The Kier molecular flexibility index (Phi) is 2.70. The van der Waals surface area contributed by atoms with E-state index in [1.807, 2.05) is 0 Å². The van der Waals surface area contributed by atoms with Crippen LogP contribution in [0.15, 0.2) is 6.20 Å². The van der Waals surface area contributed by atoms with Gasteiger partial charge < -0.3 is 4.57 Å². The van der Waals surface area contributed by atoms with Gasteiger partial charge in [-0.15, -0.1) is 0 Å². The van der Waals surface area contributed by atoms with Crippen LogP contribution in [-0.4, -0.2) is 14.5 Å². The smallest absolute Gasteiger partial charge is 0.129 e. The Morgan fingerprint density at radius 3 is 2.56 bits per heavy atom. The van der Waals surface area contributed by atoms with Gasteiger partial charge in [0.05, 0.1) is 16.7 Å². The van der Waals surface area contributed by atoms with Crippen molar-refractivity contribution in [3.8, 4) is 0 Å². The predicted molar refractivity (Wildman–Crippen MR) is 66.7 cm³/mol. The lowest BCUT2D eigenvalue weighted by atomic mass is 10.1. The molecule has 0 atom stereocenters. The van der Waals surface area contributed by atoms with Crippen LogP contribution in [0, 0.1) is 6.92 Å². The zero-order valence-electron chi connectivity index (χ0n) is 10.7. The lowest BCUT2D eigenvalue weighted by molar-refractivity contribution is 0.789. The first-order chi connectivity index (χ1) is 7.54. The van der Waals surface area contributed by atoms with Gasteiger partial charge in [0.1, 0.15) is 5.82 Å². The molecule has 0 amide bonds. The van der Waals surface area contributed by atoms with Crippen molar-refractivity contribution in [2.75, 3.05) is 0 Å². The van der Waals surface area contributed by atoms with Gasteiger partial charge in [-0.2, -0.15) is 0 Å². The molecule has 2 aromatic rings. The van der Waals surface area contributed by atoms with E-state index >= 15 is 0 Å². The van der Waals surface area contributed by atoms with Gasteiger partial charge in [0, 0.05) is 19.7 Å². The molecule has 16 heavy (non-hydrogen) atoms. The number of aryl methyl sites for hydroxylation is 3. The monoisotopic (exact) mass is 217 g/mol. The Hall–Kier alpha value is -1.38. The quantitative estimate of drug-likeness (QED) is 0.774. The standard InChI is InChI=1S/C13H19N3/c1-6-10-14-11(8(2)3)13-12(15-10)9(4)7-16(13)5/h7-8H,6H2,1-5H3. The molecule has 2 rings (SSSR count). The summed E-state index contributed by atoms with van der Waals surface area (Å²) in [6, 6.07) is 0. The van der Waals surface area contributed by atoms with Crippen LogP contribution in [0.2, 0.25) is 0 Å². The molecule has 0 aliphatic carbocycles. The van der Waals surface area contributed by atoms with Gasteiger partial charge in [0.25, 0.3) is 0 Å². The lowest BCUT2D eigenvalue weighted by Crippen LogP contribution is -2.03. The molecule has 0 unspecified atom stereocenters. The Balaban J connectivity index is 2.84. The summed E-state index contributed by atoms with van der Waals surface area (Å²) in [5.74, 6) is 1.38. The first-order valence-electron chi connectivity index (χ1n) is 5.87. The molecule has 2 heterocycles. The second kappa shape index (κ2) is 3.89. The number of nitrogens with zero attached hydrogens (tertiary/aromatic N) is 3. The van der Waals surface area contributed by atoms with Crippen molar-refractivity contribution in [1.82, 2.24) is 14.5 Å². The number of fused-ring (bicyclic) bond motifs is 1. The highest BCUT2D eigenvalue weighted by Crippen LogP contribution is 2.25. The van der Waals surface area contributed by atoms with E-state index in [2.05, 4.69) is 55.5 Å². The number of hydrogen-bond donors (Lipinski definition) is 0. The first kappa shape index (κ1) is 11.1.